The summed E-state index contributed by atoms with van der Waals surface area (Å²) in [5, 5.41) is 0. The van der Waals surface area contributed by atoms with E-state index in [0.29, 0.717) is 5.56 Å². The summed E-state index contributed by atoms with van der Waals surface area (Å²) in [6.07, 6.45) is -4.44. The lowest BCUT2D eigenvalue weighted by Gasteiger charge is -2.15. The zero-order valence-electron chi connectivity index (χ0n) is 9.59. The average Bonchev–Trinajstić information content (AvgIpc) is 2.37. The predicted octanol–water partition coefficient (Wildman–Crippen LogP) is 5.49. The molecule has 0 aliphatic carbocycles. The van der Waals surface area contributed by atoms with Gasteiger partial charge in [0, 0.05) is 5.56 Å². The van der Waals surface area contributed by atoms with E-state index in [2.05, 4.69) is 15.9 Å². The van der Waals surface area contributed by atoms with Crippen molar-refractivity contribution in [2.75, 3.05) is 0 Å². The Hall–Kier alpha value is -1.36. The van der Waals surface area contributed by atoms with Crippen LogP contribution in [0.15, 0.2) is 48.5 Å². The maximum absolute atomic E-state index is 13.9. The highest BCUT2D eigenvalue weighted by Crippen LogP contribution is 2.40. The molecule has 2 rings (SSSR count). The van der Waals surface area contributed by atoms with E-state index in [1.807, 2.05) is 0 Å². The van der Waals surface area contributed by atoms with Crippen LogP contribution in [0.4, 0.5) is 17.6 Å². The number of benzene rings is 2. The molecular formula is C14H9BrF4. The number of hydrogen-bond acceptors (Lipinski definition) is 0. The van der Waals surface area contributed by atoms with Crippen LogP contribution in [-0.4, -0.2) is 6.18 Å². The number of hydrogen-bond donors (Lipinski definition) is 0. The minimum absolute atomic E-state index is 0.148. The third-order valence-corrected chi connectivity index (χ3v) is 3.71. The summed E-state index contributed by atoms with van der Waals surface area (Å²) in [6.45, 7) is 0. The average molecular weight is 333 g/mol. The molecule has 0 fully saturated rings. The lowest BCUT2D eigenvalue weighted by Crippen LogP contribution is -2.15. The Balaban J connectivity index is 2.38. The van der Waals surface area contributed by atoms with E-state index < -0.39 is 16.8 Å². The third kappa shape index (κ3) is 3.15. The molecule has 0 bridgehead atoms. The highest BCUT2D eigenvalue weighted by Gasteiger charge is 2.39. The Morgan fingerprint density at radius 2 is 1.58 bits per heavy atom. The van der Waals surface area contributed by atoms with Gasteiger partial charge in [-0.1, -0.05) is 58.4 Å². The van der Waals surface area contributed by atoms with Crippen molar-refractivity contribution in [3.05, 3.63) is 59.9 Å². The first-order valence-electron chi connectivity index (χ1n) is 5.45. The molecule has 1 unspecified atom stereocenters. The zero-order valence-corrected chi connectivity index (χ0v) is 11.2. The molecule has 2 aromatic carbocycles. The van der Waals surface area contributed by atoms with Crippen LogP contribution in [0.2, 0.25) is 0 Å². The minimum atomic E-state index is -4.44. The normalized spacial score (nSPS) is 13.3. The summed E-state index contributed by atoms with van der Waals surface area (Å²) in [6, 6.07) is 12.2. The largest absolute Gasteiger partial charge is 0.405 e. The Morgan fingerprint density at radius 3 is 2.11 bits per heavy atom. The van der Waals surface area contributed by atoms with Gasteiger partial charge in [0.15, 0.2) is 0 Å². The first-order valence-corrected chi connectivity index (χ1v) is 6.37. The van der Waals surface area contributed by atoms with Crippen molar-refractivity contribution >= 4 is 15.9 Å². The van der Waals surface area contributed by atoms with Crippen molar-refractivity contribution in [2.24, 2.45) is 0 Å². The van der Waals surface area contributed by atoms with Crippen LogP contribution in [-0.2, 0) is 0 Å². The standard InChI is InChI=1S/C14H9BrF4/c15-13(14(17,18)19)10-6-7-11(12(16)8-10)9-4-2-1-3-5-9/h1-8,13H. The van der Waals surface area contributed by atoms with Crippen LogP contribution in [0.3, 0.4) is 0 Å². The van der Waals surface area contributed by atoms with E-state index in [9.17, 15) is 17.6 Å². The molecule has 0 amide bonds. The number of halogens is 5. The summed E-state index contributed by atoms with van der Waals surface area (Å²) in [5.74, 6) is -0.669. The predicted molar refractivity (Wildman–Crippen MR) is 69.6 cm³/mol. The molecule has 100 valence electrons. The van der Waals surface area contributed by atoms with E-state index >= 15 is 0 Å². The van der Waals surface area contributed by atoms with Crippen LogP contribution in [0.5, 0.6) is 0 Å². The van der Waals surface area contributed by atoms with Gasteiger partial charge in [-0.05, 0) is 17.2 Å². The molecule has 0 nitrogen and oxygen atoms in total. The summed E-state index contributed by atoms with van der Waals surface area (Å²) in [4.78, 5) is -1.86. The Bertz CT molecular complexity index is 563. The van der Waals surface area contributed by atoms with Crippen LogP contribution >= 0.6 is 15.9 Å². The Labute approximate surface area is 116 Å². The molecule has 0 aromatic heterocycles. The van der Waals surface area contributed by atoms with E-state index in [0.717, 1.165) is 6.07 Å². The maximum atomic E-state index is 13.9. The van der Waals surface area contributed by atoms with Gasteiger partial charge in [0.05, 0.1) is 0 Å². The molecule has 5 heteroatoms. The van der Waals surface area contributed by atoms with Gasteiger partial charge in [0.1, 0.15) is 10.6 Å². The van der Waals surface area contributed by atoms with Crippen molar-refractivity contribution in [3.8, 4) is 11.1 Å². The third-order valence-electron chi connectivity index (χ3n) is 2.66. The van der Waals surface area contributed by atoms with Crippen molar-refractivity contribution in [2.45, 2.75) is 11.0 Å². The molecule has 0 radical (unpaired) electrons. The molecule has 0 aliphatic heterocycles. The second-order valence-electron chi connectivity index (χ2n) is 4.01. The molecule has 0 heterocycles. The van der Waals surface area contributed by atoms with Crippen molar-refractivity contribution < 1.29 is 17.6 Å². The van der Waals surface area contributed by atoms with Gasteiger partial charge in [-0.2, -0.15) is 13.2 Å². The molecule has 1 atom stereocenters. The highest BCUT2D eigenvalue weighted by atomic mass is 79.9. The summed E-state index contributed by atoms with van der Waals surface area (Å²) in [5.41, 5.74) is 0.764. The Kier molecular flexibility index (Phi) is 3.94. The van der Waals surface area contributed by atoms with Gasteiger partial charge in [0.25, 0.3) is 0 Å². The minimum Gasteiger partial charge on any atom is -0.206 e. The first-order chi connectivity index (χ1) is 8.89. The van der Waals surface area contributed by atoms with Crippen molar-refractivity contribution in [3.63, 3.8) is 0 Å². The molecular weight excluding hydrogens is 324 g/mol. The summed E-state index contributed by atoms with van der Waals surface area (Å²) < 4.78 is 51.5. The van der Waals surface area contributed by atoms with Gasteiger partial charge in [-0.25, -0.2) is 4.39 Å². The number of alkyl halides is 4. The van der Waals surface area contributed by atoms with Crippen LogP contribution in [0.25, 0.3) is 11.1 Å². The molecule has 0 saturated carbocycles. The lowest BCUT2D eigenvalue weighted by atomic mass is 10.0. The van der Waals surface area contributed by atoms with E-state index in [1.165, 1.54) is 12.1 Å². The van der Waals surface area contributed by atoms with E-state index in [-0.39, 0.29) is 11.1 Å². The van der Waals surface area contributed by atoms with Crippen LogP contribution in [0.1, 0.15) is 10.4 Å². The number of rotatable bonds is 2. The second-order valence-corrected chi connectivity index (χ2v) is 4.93. The van der Waals surface area contributed by atoms with Gasteiger partial charge >= 0.3 is 6.18 Å². The van der Waals surface area contributed by atoms with Crippen molar-refractivity contribution in [1.29, 1.82) is 0 Å². The van der Waals surface area contributed by atoms with E-state index in [4.69, 9.17) is 0 Å². The quantitative estimate of drug-likeness (QED) is 0.503. The SMILES string of the molecule is Fc1cc(C(Br)C(F)(F)F)ccc1-c1ccccc1. The van der Waals surface area contributed by atoms with Crippen LogP contribution < -0.4 is 0 Å². The summed E-state index contributed by atoms with van der Waals surface area (Å²) in [7, 11) is 0. The van der Waals surface area contributed by atoms with Gasteiger partial charge in [0.2, 0.25) is 0 Å². The summed E-state index contributed by atoms with van der Waals surface area (Å²) >= 11 is 2.53. The first kappa shape index (κ1) is 14.1. The topological polar surface area (TPSA) is 0 Å². The highest BCUT2D eigenvalue weighted by molar-refractivity contribution is 9.09. The van der Waals surface area contributed by atoms with Gasteiger partial charge < -0.3 is 0 Å². The van der Waals surface area contributed by atoms with E-state index in [1.54, 1.807) is 30.3 Å². The van der Waals surface area contributed by atoms with Gasteiger partial charge in [-0.3, -0.25) is 0 Å². The molecule has 2 aromatic rings. The van der Waals surface area contributed by atoms with Gasteiger partial charge in [-0.15, -0.1) is 0 Å². The second kappa shape index (κ2) is 5.33. The molecule has 0 spiro atoms. The smallest absolute Gasteiger partial charge is 0.206 e. The van der Waals surface area contributed by atoms with Crippen molar-refractivity contribution in [1.82, 2.24) is 0 Å². The molecule has 0 aliphatic rings. The fourth-order valence-electron chi connectivity index (χ4n) is 1.73. The monoisotopic (exact) mass is 332 g/mol. The maximum Gasteiger partial charge on any atom is 0.405 e. The fourth-order valence-corrected chi connectivity index (χ4v) is 2.01. The fraction of sp³-hybridized carbons (Fsp3) is 0.143. The van der Waals surface area contributed by atoms with Crippen LogP contribution in [0, 0.1) is 5.82 Å². The molecule has 19 heavy (non-hydrogen) atoms. The molecule has 0 N–H and O–H groups in total. The lowest BCUT2D eigenvalue weighted by molar-refractivity contribution is -0.128. The Morgan fingerprint density at radius 1 is 0.947 bits per heavy atom. The zero-order chi connectivity index (χ0) is 14.0. The molecule has 0 saturated heterocycles.